The first kappa shape index (κ1) is 15.1. The van der Waals surface area contributed by atoms with Crippen molar-refractivity contribution in [3.05, 3.63) is 29.8 Å². The molecule has 0 heterocycles. The predicted molar refractivity (Wildman–Crippen MR) is 86.6 cm³/mol. The highest BCUT2D eigenvalue weighted by atomic mass is 16.2. The van der Waals surface area contributed by atoms with Crippen molar-refractivity contribution in [3.8, 4) is 0 Å². The molecule has 4 heteroatoms. The molecule has 0 unspecified atom stereocenters. The Morgan fingerprint density at radius 2 is 1.64 bits per heavy atom. The molecule has 0 atom stereocenters. The summed E-state index contributed by atoms with van der Waals surface area (Å²) in [5.41, 5.74) is 1.23. The Balaban J connectivity index is 1.65. The van der Waals surface area contributed by atoms with Crippen LogP contribution in [0.2, 0.25) is 0 Å². The summed E-state index contributed by atoms with van der Waals surface area (Å²) in [6, 6.07) is 8.17. The summed E-state index contributed by atoms with van der Waals surface area (Å²) in [5, 5.41) is 5.85. The summed E-state index contributed by atoms with van der Waals surface area (Å²) in [6.45, 7) is 6.46. The van der Waals surface area contributed by atoms with Crippen LogP contribution in [0.25, 0.3) is 0 Å². The SMILES string of the molecule is CC(C)(C)c1ccc(NC(=O)C2(C(=O)NC3CC3)CC2)cc1. The maximum atomic E-state index is 12.4. The van der Waals surface area contributed by atoms with Gasteiger partial charge in [0.1, 0.15) is 5.41 Å². The van der Waals surface area contributed by atoms with E-state index >= 15 is 0 Å². The third kappa shape index (κ3) is 3.01. The van der Waals surface area contributed by atoms with Gasteiger partial charge in [0.25, 0.3) is 0 Å². The summed E-state index contributed by atoms with van der Waals surface area (Å²) in [6.07, 6.45) is 3.38. The van der Waals surface area contributed by atoms with Crippen molar-refractivity contribution < 1.29 is 9.59 Å². The van der Waals surface area contributed by atoms with E-state index in [0.717, 1.165) is 18.5 Å². The molecule has 1 aromatic carbocycles. The molecule has 1 aromatic rings. The molecule has 0 aromatic heterocycles. The minimum Gasteiger partial charge on any atom is -0.352 e. The second kappa shape index (κ2) is 5.11. The van der Waals surface area contributed by atoms with E-state index < -0.39 is 5.41 Å². The third-order valence-corrected chi connectivity index (χ3v) is 4.54. The van der Waals surface area contributed by atoms with Crippen LogP contribution in [0.15, 0.2) is 24.3 Å². The summed E-state index contributed by atoms with van der Waals surface area (Å²) < 4.78 is 0. The van der Waals surface area contributed by atoms with Gasteiger partial charge < -0.3 is 10.6 Å². The van der Waals surface area contributed by atoms with E-state index in [1.807, 2.05) is 24.3 Å². The number of carbonyl (C=O) groups excluding carboxylic acids is 2. The first-order valence-corrected chi connectivity index (χ1v) is 8.04. The first-order chi connectivity index (χ1) is 10.3. The molecule has 0 spiro atoms. The molecule has 0 saturated heterocycles. The van der Waals surface area contributed by atoms with E-state index in [-0.39, 0.29) is 17.2 Å². The Morgan fingerprint density at radius 3 is 2.09 bits per heavy atom. The quantitative estimate of drug-likeness (QED) is 0.840. The van der Waals surface area contributed by atoms with E-state index in [1.165, 1.54) is 5.56 Å². The lowest BCUT2D eigenvalue weighted by atomic mass is 9.87. The number of anilines is 1. The molecule has 22 heavy (non-hydrogen) atoms. The lowest BCUT2D eigenvalue weighted by Gasteiger charge is -2.20. The van der Waals surface area contributed by atoms with Gasteiger partial charge >= 0.3 is 0 Å². The smallest absolute Gasteiger partial charge is 0.240 e. The molecule has 2 aliphatic rings. The van der Waals surface area contributed by atoms with Crippen LogP contribution < -0.4 is 10.6 Å². The number of carbonyl (C=O) groups is 2. The van der Waals surface area contributed by atoms with Crippen LogP contribution in [0, 0.1) is 5.41 Å². The lowest BCUT2D eigenvalue weighted by molar-refractivity contribution is -0.134. The molecule has 2 fully saturated rings. The fourth-order valence-electron chi connectivity index (χ4n) is 2.54. The molecule has 3 rings (SSSR count). The summed E-state index contributed by atoms with van der Waals surface area (Å²) >= 11 is 0. The second-order valence-corrected chi connectivity index (χ2v) is 7.61. The highest BCUT2D eigenvalue weighted by Gasteiger charge is 2.57. The molecule has 0 radical (unpaired) electrons. The Hall–Kier alpha value is -1.84. The Morgan fingerprint density at radius 1 is 1.05 bits per heavy atom. The fraction of sp³-hybridized carbons (Fsp3) is 0.556. The molecule has 4 nitrogen and oxygen atoms in total. The largest absolute Gasteiger partial charge is 0.352 e. The van der Waals surface area contributed by atoms with Crippen LogP contribution in [0.3, 0.4) is 0 Å². The number of amides is 2. The van der Waals surface area contributed by atoms with Gasteiger partial charge in [-0.05, 0) is 48.8 Å². The standard InChI is InChI=1S/C18H24N2O2/c1-17(2,3)12-4-6-13(7-5-12)19-15(21)18(10-11-18)16(22)20-14-8-9-14/h4-7,14H,8-11H2,1-3H3,(H,19,21)(H,20,22). The highest BCUT2D eigenvalue weighted by Crippen LogP contribution is 2.47. The number of rotatable bonds is 4. The van der Waals surface area contributed by atoms with Gasteiger partial charge in [-0.1, -0.05) is 32.9 Å². The number of benzene rings is 1. The van der Waals surface area contributed by atoms with Crippen LogP contribution in [0.5, 0.6) is 0 Å². The molecule has 0 aliphatic heterocycles. The Bertz CT molecular complexity index is 591. The highest BCUT2D eigenvalue weighted by molar-refractivity contribution is 6.13. The van der Waals surface area contributed by atoms with Crippen molar-refractivity contribution in [1.29, 1.82) is 0 Å². The van der Waals surface area contributed by atoms with Crippen LogP contribution in [0.4, 0.5) is 5.69 Å². The number of hydrogen-bond acceptors (Lipinski definition) is 2. The molecule has 2 aliphatic carbocycles. The zero-order chi connectivity index (χ0) is 16.0. The average Bonchev–Trinajstić information content (AvgIpc) is 3.32. The predicted octanol–water partition coefficient (Wildman–Crippen LogP) is 2.98. The van der Waals surface area contributed by atoms with Crippen molar-refractivity contribution in [2.24, 2.45) is 5.41 Å². The van der Waals surface area contributed by atoms with Gasteiger partial charge in [0.15, 0.2) is 0 Å². The van der Waals surface area contributed by atoms with Gasteiger partial charge in [-0.3, -0.25) is 9.59 Å². The first-order valence-electron chi connectivity index (χ1n) is 8.04. The molecular formula is C18H24N2O2. The molecule has 0 bridgehead atoms. The Labute approximate surface area is 131 Å². The van der Waals surface area contributed by atoms with Gasteiger partial charge in [-0.25, -0.2) is 0 Å². The zero-order valence-electron chi connectivity index (χ0n) is 13.5. The zero-order valence-corrected chi connectivity index (χ0v) is 13.5. The molecule has 118 valence electrons. The van der Waals surface area contributed by atoms with E-state index in [4.69, 9.17) is 0 Å². The lowest BCUT2D eigenvalue weighted by Crippen LogP contribution is -2.40. The van der Waals surface area contributed by atoms with Gasteiger partial charge in [0, 0.05) is 11.7 Å². The van der Waals surface area contributed by atoms with Crippen molar-refractivity contribution in [1.82, 2.24) is 5.32 Å². The van der Waals surface area contributed by atoms with Gasteiger partial charge in [0.05, 0.1) is 0 Å². The minimum atomic E-state index is -0.828. The fourth-order valence-corrected chi connectivity index (χ4v) is 2.54. The number of nitrogens with one attached hydrogen (secondary N) is 2. The van der Waals surface area contributed by atoms with Crippen molar-refractivity contribution in [2.75, 3.05) is 5.32 Å². The van der Waals surface area contributed by atoms with E-state index in [2.05, 4.69) is 31.4 Å². The molecular weight excluding hydrogens is 276 g/mol. The summed E-state index contributed by atoms with van der Waals surface area (Å²) in [7, 11) is 0. The monoisotopic (exact) mass is 300 g/mol. The maximum absolute atomic E-state index is 12.4. The topological polar surface area (TPSA) is 58.2 Å². The van der Waals surface area contributed by atoms with Crippen LogP contribution in [-0.2, 0) is 15.0 Å². The molecule has 2 amide bonds. The summed E-state index contributed by atoms with van der Waals surface area (Å²) in [4.78, 5) is 24.7. The van der Waals surface area contributed by atoms with E-state index in [9.17, 15) is 9.59 Å². The third-order valence-electron chi connectivity index (χ3n) is 4.54. The van der Waals surface area contributed by atoms with Crippen molar-refractivity contribution >= 4 is 17.5 Å². The van der Waals surface area contributed by atoms with Crippen molar-refractivity contribution in [2.45, 2.75) is 57.9 Å². The Kier molecular flexibility index (Phi) is 3.50. The minimum absolute atomic E-state index is 0.0877. The number of hydrogen-bond donors (Lipinski definition) is 2. The van der Waals surface area contributed by atoms with Gasteiger partial charge in [-0.2, -0.15) is 0 Å². The van der Waals surface area contributed by atoms with Crippen LogP contribution in [-0.4, -0.2) is 17.9 Å². The average molecular weight is 300 g/mol. The van der Waals surface area contributed by atoms with Gasteiger partial charge in [0.2, 0.25) is 11.8 Å². The van der Waals surface area contributed by atoms with E-state index in [1.54, 1.807) is 0 Å². The maximum Gasteiger partial charge on any atom is 0.240 e. The molecule has 2 saturated carbocycles. The van der Waals surface area contributed by atoms with Crippen LogP contribution >= 0.6 is 0 Å². The second-order valence-electron chi connectivity index (χ2n) is 7.61. The van der Waals surface area contributed by atoms with E-state index in [0.29, 0.717) is 18.9 Å². The summed E-state index contributed by atoms with van der Waals surface area (Å²) in [5.74, 6) is -0.270. The van der Waals surface area contributed by atoms with Gasteiger partial charge in [-0.15, -0.1) is 0 Å². The van der Waals surface area contributed by atoms with Crippen molar-refractivity contribution in [3.63, 3.8) is 0 Å². The normalized spacial score (nSPS) is 19.4. The molecule has 2 N–H and O–H groups in total. The van der Waals surface area contributed by atoms with Crippen LogP contribution in [0.1, 0.15) is 52.0 Å².